The lowest BCUT2D eigenvalue weighted by Gasteiger charge is -2.28. The molecule has 10 heteroatoms. The van der Waals surface area contributed by atoms with Crippen molar-refractivity contribution in [2.45, 2.75) is 38.8 Å². The van der Waals surface area contributed by atoms with Crippen molar-refractivity contribution in [1.82, 2.24) is 19.7 Å². The van der Waals surface area contributed by atoms with Gasteiger partial charge >= 0.3 is 5.97 Å². The number of benzene rings is 1. The Balaban J connectivity index is 1.55. The van der Waals surface area contributed by atoms with E-state index in [0.717, 1.165) is 18.4 Å². The Bertz CT molecular complexity index is 958. The molecule has 0 bridgehead atoms. The second-order valence-corrected chi connectivity index (χ2v) is 9.59. The maximum Gasteiger partial charge on any atom is 0.338 e. The number of nitrogens with zero attached hydrogens (tertiary/aromatic N) is 4. The van der Waals surface area contributed by atoms with Crippen LogP contribution in [0, 0.1) is 0 Å². The molecule has 1 fully saturated rings. The molecular weight excluding hydrogens is 408 g/mol. The van der Waals surface area contributed by atoms with Crippen LogP contribution in [-0.4, -0.2) is 70.7 Å². The van der Waals surface area contributed by atoms with E-state index < -0.39 is 22.4 Å². The van der Waals surface area contributed by atoms with E-state index in [4.69, 9.17) is 4.74 Å². The predicted molar refractivity (Wildman–Crippen MR) is 110 cm³/mol. The first-order valence-electron chi connectivity index (χ1n) is 9.96. The van der Waals surface area contributed by atoms with Gasteiger partial charge in [0.15, 0.2) is 16.4 Å². The van der Waals surface area contributed by atoms with Gasteiger partial charge in [0.25, 0.3) is 5.91 Å². The summed E-state index contributed by atoms with van der Waals surface area (Å²) in [7, 11) is -3.11. The Morgan fingerprint density at radius 3 is 2.63 bits per heavy atom. The largest absolute Gasteiger partial charge is 0.452 e. The van der Waals surface area contributed by atoms with E-state index in [2.05, 4.69) is 10.1 Å². The van der Waals surface area contributed by atoms with Crippen molar-refractivity contribution in [1.29, 1.82) is 0 Å². The molecule has 1 aliphatic rings. The monoisotopic (exact) mass is 434 g/mol. The number of hydrogen-bond donors (Lipinski definition) is 0. The number of sulfone groups is 1. The molecule has 9 nitrogen and oxygen atoms in total. The summed E-state index contributed by atoms with van der Waals surface area (Å²) in [6, 6.07) is 6.51. The number of carbonyl (C=O) groups is 2. The highest BCUT2D eigenvalue weighted by Crippen LogP contribution is 2.19. The fourth-order valence-electron chi connectivity index (χ4n) is 3.40. The predicted octanol–water partition coefficient (Wildman–Crippen LogP) is 1.30. The molecule has 2 aromatic rings. The summed E-state index contributed by atoms with van der Waals surface area (Å²) in [5.74, 6) is -0.885. The SMILES string of the molecule is CCCCN(C(=O)COC(=O)c1ccc(Cn2cncn2)cc1)C1CCS(=O)(=O)C1. The number of aromatic nitrogens is 3. The van der Waals surface area contributed by atoms with Gasteiger partial charge in [0.1, 0.15) is 12.7 Å². The van der Waals surface area contributed by atoms with E-state index in [1.54, 1.807) is 40.2 Å². The second-order valence-electron chi connectivity index (χ2n) is 7.36. The van der Waals surface area contributed by atoms with E-state index in [1.807, 2.05) is 6.92 Å². The number of carbonyl (C=O) groups excluding carboxylic acids is 2. The van der Waals surface area contributed by atoms with Gasteiger partial charge in [-0.2, -0.15) is 5.10 Å². The minimum absolute atomic E-state index is 0.0242. The first kappa shape index (κ1) is 21.9. The molecule has 0 spiro atoms. The minimum Gasteiger partial charge on any atom is -0.452 e. The average Bonchev–Trinajstić information content (AvgIpc) is 3.36. The van der Waals surface area contributed by atoms with Gasteiger partial charge in [0.05, 0.1) is 23.6 Å². The summed E-state index contributed by atoms with van der Waals surface area (Å²) in [5, 5.41) is 4.03. The molecule has 2 heterocycles. The summed E-state index contributed by atoms with van der Waals surface area (Å²) in [5.41, 5.74) is 1.29. The fraction of sp³-hybridized carbons (Fsp3) is 0.500. The van der Waals surface area contributed by atoms with E-state index in [9.17, 15) is 18.0 Å². The van der Waals surface area contributed by atoms with Crippen LogP contribution in [0.3, 0.4) is 0 Å². The van der Waals surface area contributed by atoms with Gasteiger partial charge in [0.2, 0.25) is 0 Å². The quantitative estimate of drug-likeness (QED) is 0.547. The summed E-state index contributed by atoms with van der Waals surface area (Å²) in [4.78, 5) is 30.4. The lowest BCUT2D eigenvalue weighted by atomic mass is 10.1. The molecule has 0 N–H and O–H groups in total. The zero-order valence-electron chi connectivity index (χ0n) is 16.9. The number of esters is 1. The van der Waals surface area contributed by atoms with Crippen LogP contribution in [-0.2, 0) is 25.9 Å². The molecule has 1 aliphatic heterocycles. The van der Waals surface area contributed by atoms with Crippen LogP contribution in [0.1, 0.15) is 42.1 Å². The topological polar surface area (TPSA) is 111 Å². The minimum atomic E-state index is -3.11. The number of rotatable bonds is 9. The van der Waals surface area contributed by atoms with Gasteiger partial charge in [0, 0.05) is 12.6 Å². The Morgan fingerprint density at radius 1 is 1.27 bits per heavy atom. The zero-order chi connectivity index (χ0) is 21.6. The third-order valence-corrected chi connectivity index (χ3v) is 6.80. The highest BCUT2D eigenvalue weighted by molar-refractivity contribution is 7.91. The van der Waals surface area contributed by atoms with Crippen molar-refractivity contribution < 1.29 is 22.7 Å². The van der Waals surface area contributed by atoms with E-state index in [0.29, 0.717) is 25.1 Å². The highest BCUT2D eigenvalue weighted by atomic mass is 32.2. The molecule has 0 radical (unpaired) electrons. The molecular formula is C20H26N4O5S. The fourth-order valence-corrected chi connectivity index (χ4v) is 5.13. The molecule has 1 aromatic heterocycles. The first-order valence-corrected chi connectivity index (χ1v) is 11.8. The third kappa shape index (κ3) is 5.88. The molecule has 1 atom stereocenters. The van der Waals surface area contributed by atoms with Crippen molar-refractivity contribution in [3.8, 4) is 0 Å². The van der Waals surface area contributed by atoms with Crippen molar-refractivity contribution in [2.75, 3.05) is 24.7 Å². The lowest BCUT2D eigenvalue weighted by Crippen LogP contribution is -2.43. The third-order valence-electron chi connectivity index (χ3n) is 5.05. The van der Waals surface area contributed by atoms with Crippen LogP contribution in [0.15, 0.2) is 36.9 Å². The Morgan fingerprint density at radius 2 is 2.03 bits per heavy atom. The second kappa shape index (κ2) is 9.84. The highest BCUT2D eigenvalue weighted by Gasteiger charge is 2.34. The number of hydrogen-bond acceptors (Lipinski definition) is 7. The van der Waals surface area contributed by atoms with Crippen LogP contribution in [0.4, 0.5) is 0 Å². The van der Waals surface area contributed by atoms with Crippen LogP contribution < -0.4 is 0 Å². The van der Waals surface area contributed by atoms with Gasteiger partial charge < -0.3 is 9.64 Å². The van der Waals surface area contributed by atoms with E-state index >= 15 is 0 Å². The molecule has 0 saturated carbocycles. The van der Waals surface area contributed by atoms with Crippen molar-refractivity contribution in [3.63, 3.8) is 0 Å². The first-order chi connectivity index (χ1) is 14.4. The van der Waals surface area contributed by atoms with Crippen LogP contribution in [0.5, 0.6) is 0 Å². The zero-order valence-corrected chi connectivity index (χ0v) is 17.8. The number of amides is 1. The Labute approximate surface area is 176 Å². The van der Waals surface area contributed by atoms with Crippen LogP contribution >= 0.6 is 0 Å². The standard InChI is InChI=1S/C20H26N4O5S/c1-2-3-9-24(18-8-10-30(27,28)13-18)19(25)12-29-20(26)17-6-4-16(5-7-17)11-23-15-21-14-22-23/h4-7,14-15,18H,2-3,8-13H2,1H3. The smallest absolute Gasteiger partial charge is 0.338 e. The summed E-state index contributed by atoms with van der Waals surface area (Å²) in [6.07, 6.45) is 5.13. The molecule has 30 heavy (non-hydrogen) atoms. The van der Waals surface area contributed by atoms with Crippen LogP contribution in [0.2, 0.25) is 0 Å². The lowest BCUT2D eigenvalue weighted by molar-refractivity contribution is -0.136. The molecule has 1 saturated heterocycles. The van der Waals surface area contributed by atoms with E-state index in [-0.39, 0.29) is 23.5 Å². The number of ether oxygens (including phenoxy) is 1. The molecule has 0 aliphatic carbocycles. The summed E-state index contributed by atoms with van der Waals surface area (Å²) < 4.78 is 30.4. The van der Waals surface area contributed by atoms with Crippen LogP contribution in [0.25, 0.3) is 0 Å². The summed E-state index contributed by atoms with van der Waals surface area (Å²) >= 11 is 0. The Hall–Kier alpha value is -2.75. The molecule has 3 rings (SSSR count). The maximum absolute atomic E-state index is 12.7. The van der Waals surface area contributed by atoms with E-state index in [1.165, 1.54) is 6.33 Å². The normalized spacial score (nSPS) is 17.6. The maximum atomic E-state index is 12.7. The van der Waals surface area contributed by atoms with Crippen molar-refractivity contribution in [3.05, 3.63) is 48.0 Å². The molecule has 1 amide bonds. The molecule has 1 unspecified atom stereocenters. The van der Waals surface area contributed by atoms with Gasteiger partial charge in [-0.3, -0.25) is 4.79 Å². The average molecular weight is 435 g/mol. The Kier molecular flexibility index (Phi) is 7.20. The summed E-state index contributed by atoms with van der Waals surface area (Å²) in [6.45, 7) is 2.59. The van der Waals surface area contributed by atoms with Gasteiger partial charge in [-0.25, -0.2) is 22.9 Å². The number of unbranched alkanes of at least 4 members (excludes halogenated alkanes) is 1. The van der Waals surface area contributed by atoms with Crippen molar-refractivity contribution >= 4 is 21.7 Å². The van der Waals surface area contributed by atoms with Gasteiger partial charge in [-0.15, -0.1) is 0 Å². The van der Waals surface area contributed by atoms with Gasteiger partial charge in [-0.05, 0) is 30.5 Å². The van der Waals surface area contributed by atoms with Gasteiger partial charge in [-0.1, -0.05) is 25.5 Å². The molecule has 162 valence electrons. The molecule has 1 aromatic carbocycles. The van der Waals surface area contributed by atoms with Crippen molar-refractivity contribution in [2.24, 2.45) is 0 Å².